The van der Waals surface area contributed by atoms with Crippen molar-refractivity contribution < 1.29 is 15.0 Å². The molecular formula is C18H17N3O3. The number of phenolic OH excluding ortho intramolecular Hbond substituents is 1. The molecule has 2 N–H and O–H groups in total. The fourth-order valence-electron chi connectivity index (χ4n) is 2.65. The summed E-state index contributed by atoms with van der Waals surface area (Å²) in [5.41, 5.74) is 2.93. The normalized spacial score (nSPS) is 13.6. The summed E-state index contributed by atoms with van der Waals surface area (Å²) in [6.07, 6.45) is 0. The second-order valence-electron chi connectivity index (χ2n) is 5.61. The largest absolute Gasteiger partial charge is 0.508 e. The maximum atomic E-state index is 11.6. The molecule has 6 heteroatoms. The molecule has 0 amide bonds. The van der Waals surface area contributed by atoms with Crippen molar-refractivity contribution in [2.45, 2.75) is 19.8 Å². The molecule has 2 aromatic carbocycles. The molecule has 1 atom stereocenters. The van der Waals surface area contributed by atoms with Gasteiger partial charge in [0.25, 0.3) is 0 Å². The van der Waals surface area contributed by atoms with Gasteiger partial charge in [0.15, 0.2) is 0 Å². The molecule has 0 fully saturated rings. The monoisotopic (exact) mass is 323 g/mol. The number of phenols is 1. The number of aromatic hydroxyl groups is 1. The van der Waals surface area contributed by atoms with Gasteiger partial charge in [0.05, 0.1) is 11.3 Å². The average molecular weight is 323 g/mol. The van der Waals surface area contributed by atoms with Crippen LogP contribution in [0.3, 0.4) is 0 Å². The first-order chi connectivity index (χ1) is 11.5. The number of fused-ring (bicyclic) bond motifs is 1. The molecular weight excluding hydrogens is 306 g/mol. The van der Waals surface area contributed by atoms with E-state index in [9.17, 15) is 15.0 Å². The zero-order valence-electron chi connectivity index (χ0n) is 13.3. The smallest absolute Gasteiger partial charge is 0.333 e. The lowest BCUT2D eigenvalue weighted by Gasteiger charge is -2.17. The minimum atomic E-state index is -1.02. The van der Waals surface area contributed by atoms with Crippen molar-refractivity contribution in [3.63, 3.8) is 0 Å². The number of hydrogen-bond acceptors (Lipinski definition) is 4. The van der Waals surface area contributed by atoms with E-state index in [2.05, 4.69) is 10.2 Å². The van der Waals surface area contributed by atoms with E-state index in [0.717, 1.165) is 5.56 Å². The van der Waals surface area contributed by atoms with Gasteiger partial charge in [-0.15, -0.1) is 10.2 Å². The Labute approximate surface area is 138 Å². The predicted molar refractivity (Wildman–Crippen MR) is 90.6 cm³/mol. The Morgan fingerprint density at radius 2 is 1.58 bits per heavy atom. The number of carbonyl (C=O) groups is 1. The second kappa shape index (κ2) is 6.16. The minimum Gasteiger partial charge on any atom is -0.508 e. The highest BCUT2D eigenvalue weighted by molar-refractivity contribution is 5.93. The summed E-state index contributed by atoms with van der Waals surface area (Å²) >= 11 is 0. The van der Waals surface area contributed by atoms with E-state index < -0.39 is 5.97 Å². The molecule has 0 radical (unpaired) electrons. The summed E-state index contributed by atoms with van der Waals surface area (Å²) in [7, 11) is 0. The molecule has 1 unspecified atom stereocenters. The summed E-state index contributed by atoms with van der Waals surface area (Å²) in [5.74, 6) is -1.12. The average Bonchev–Trinajstić information content (AvgIpc) is 2.98. The number of benzene rings is 2. The van der Waals surface area contributed by atoms with Gasteiger partial charge in [-0.3, -0.25) is 0 Å². The van der Waals surface area contributed by atoms with E-state index in [1.165, 1.54) is 4.80 Å². The molecule has 6 nitrogen and oxygen atoms in total. The van der Waals surface area contributed by atoms with Crippen LogP contribution >= 0.6 is 0 Å². The van der Waals surface area contributed by atoms with Crippen LogP contribution in [0.1, 0.15) is 25.3 Å². The van der Waals surface area contributed by atoms with Gasteiger partial charge in [-0.25, -0.2) is 4.79 Å². The molecule has 0 bridgehead atoms. The van der Waals surface area contributed by atoms with E-state index in [0.29, 0.717) is 16.7 Å². The number of aromatic nitrogens is 3. The highest BCUT2D eigenvalue weighted by Crippen LogP contribution is 2.31. The van der Waals surface area contributed by atoms with Gasteiger partial charge in [0, 0.05) is 5.92 Å². The third kappa shape index (κ3) is 2.86. The Kier molecular flexibility index (Phi) is 4.04. The topological polar surface area (TPSA) is 88.2 Å². The molecule has 3 rings (SSSR count). The number of carboxylic acid groups (broad SMARTS) is 1. The molecule has 122 valence electrons. The number of allylic oxidation sites excluding steroid dienone is 1. The Balaban J connectivity index is 2.15. The first-order valence-electron chi connectivity index (χ1n) is 7.53. The fraction of sp³-hybridized carbons (Fsp3) is 0.167. The standard InChI is InChI=1S/C18H17N3O3/c1-11(13-7-9-14(22)10-8-13)17(12(2)18(23)24)21-19-15-5-3-4-6-16(15)20-21/h3-11,22H,1-2H3,(H,23,24). The molecule has 0 aliphatic carbocycles. The Bertz CT molecular complexity index is 893. The lowest BCUT2D eigenvalue weighted by atomic mass is 9.95. The van der Waals surface area contributed by atoms with E-state index >= 15 is 0 Å². The SMILES string of the molecule is CC(C(=O)O)=C(C(C)c1ccc(O)cc1)n1nc2ccccc2n1. The van der Waals surface area contributed by atoms with Gasteiger partial charge in [0.1, 0.15) is 16.8 Å². The molecule has 0 saturated heterocycles. The molecule has 0 aliphatic rings. The van der Waals surface area contributed by atoms with Gasteiger partial charge < -0.3 is 10.2 Å². The van der Waals surface area contributed by atoms with Crippen molar-refractivity contribution in [2.24, 2.45) is 0 Å². The number of rotatable bonds is 4. The van der Waals surface area contributed by atoms with Gasteiger partial charge in [-0.05, 0) is 36.8 Å². The van der Waals surface area contributed by atoms with Crippen LogP contribution in [0.5, 0.6) is 5.75 Å². The molecule has 0 aliphatic heterocycles. The van der Waals surface area contributed by atoms with Gasteiger partial charge >= 0.3 is 5.97 Å². The van der Waals surface area contributed by atoms with Crippen LogP contribution in [0.25, 0.3) is 16.7 Å². The summed E-state index contributed by atoms with van der Waals surface area (Å²) in [5, 5.41) is 27.7. The summed E-state index contributed by atoms with van der Waals surface area (Å²) in [4.78, 5) is 12.9. The van der Waals surface area contributed by atoms with Gasteiger partial charge in [0.2, 0.25) is 0 Å². The Hall–Kier alpha value is -3.15. The Morgan fingerprint density at radius 3 is 2.08 bits per heavy atom. The van der Waals surface area contributed by atoms with Crippen molar-refractivity contribution in [3.05, 3.63) is 59.7 Å². The second-order valence-corrected chi connectivity index (χ2v) is 5.61. The van der Waals surface area contributed by atoms with Crippen LogP contribution < -0.4 is 0 Å². The maximum Gasteiger partial charge on any atom is 0.333 e. The van der Waals surface area contributed by atoms with Crippen molar-refractivity contribution >= 4 is 22.7 Å². The molecule has 1 aromatic heterocycles. The van der Waals surface area contributed by atoms with Crippen LogP contribution in [0, 0.1) is 0 Å². The van der Waals surface area contributed by atoms with E-state index in [1.807, 2.05) is 31.2 Å². The van der Waals surface area contributed by atoms with Crippen LogP contribution in [-0.2, 0) is 4.79 Å². The highest BCUT2D eigenvalue weighted by atomic mass is 16.4. The molecule has 0 spiro atoms. The lowest BCUT2D eigenvalue weighted by molar-refractivity contribution is -0.132. The van der Waals surface area contributed by atoms with Crippen LogP contribution in [0.2, 0.25) is 0 Å². The van der Waals surface area contributed by atoms with E-state index in [-0.39, 0.29) is 17.2 Å². The zero-order chi connectivity index (χ0) is 17.3. The van der Waals surface area contributed by atoms with Gasteiger partial charge in [-0.2, -0.15) is 4.80 Å². The molecule has 24 heavy (non-hydrogen) atoms. The van der Waals surface area contributed by atoms with Gasteiger partial charge in [-0.1, -0.05) is 31.2 Å². The lowest BCUT2D eigenvalue weighted by Crippen LogP contribution is -2.14. The molecule has 1 heterocycles. The third-order valence-corrected chi connectivity index (χ3v) is 4.01. The number of hydrogen-bond donors (Lipinski definition) is 2. The first-order valence-corrected chi connectivity index (χ1v) is 7.53. The minimum absolute atomic E-state index is 0.161. The van der Waals surface area contributed by atoms with Crippen molar-refractivity contribution in [1.82, 2.24) is 15.0 Å². The van der Waals surface area contributed by atoms with E-state index in [4.69, 9.17) is 0 Å². The van der Waals surface area contributed by atoms with Crippen molar-refractivity contribution in [1.29, 1.82) is 0 Å². The zero-order valence-corrected chi connectivity index (χ0v) is 13.3. The van der Waals surface area contributed by atoms with Crippen LogP contribution in [0.4, 0.5) is 0 Å². The molecule has 3 aromatic rings. The third-order valence-electron chi connectivity index (χ3n) is 4.01. The van der Waals surface area contributed by atoms with Crippen molar-refractivity contribution in [3.8, 4) is 5.75 Å². The first kappa shape index (κ1) is 15.7. The van der Waals surface area contributed by atoms with Crippen molar-refractivity contribution in [2.75, 3.05) is 0 Å². The highest BCUT2D eigenvalue weighted by Gasteiger charge is 2.22. The quantitative estimate of drug-likeness (QED) is 0.720. The number of carboxylic acids is 1. The number of aliphatic carboxylic acids is 1. The molecule has 0 saturated carbocycles. The predicted octanol–water partition coefficient (Wildman–Crippen LogP) is 3.26. The van der Waals surface area contributed by atoms with Crippen LogP contribution in [-0.4, -0.2) is 31.2 Å². The summed E-state index contributed by atoms with van der Waals surface area (Å²) in [6, 6.07) is 14.1. The maximum absolute atomic E-state index is 11.6. The van der Waals surface area contributed by atoms with E-state index in [1.54, 1.807) is 31.2 Å². The summed E-state index contributed by atoms with van der Waals surface area (Å²) in [6.45, 7) is 3.44. The fourth-order valence-corrected chi connectivity index (χ4v) is 2.65. The summed E-state index contributed by atoms with van der Waals surface area (Å²) < 4.78 is 0. The van der Waals surface area contributed by atoms with Crippen LogP contribution in [0.15, 0.2) is 54.1 Å². The number of nitrogens with zero attached hydrogens (tertiary/aromatic N) is 3. The Morgan fingerprint density at radius 1 is 1.04 bits per heavy atom.